The molecular weight excluding hydrogens is 354 g/mol. The fraction of sp³-hybridized carbons (Fsp3) is 0.409. The zero-order valence-corrected chi connectivity index (χ0v) is 16.8. The van der Waals surface area contributed by atoms with Gasteiger partial charge in [0.1, 0.15) is 0 Å². The summed E-state index contributed by atoms with van der Waals surface area (Å²) in [6.07, 6.45) is 13.9. The van der Waals surface area contributed by atoms with Crippen LogP contribution >= 0.6 is 11.3 Å². The topological polar surface area (TPSA) is 47.9 Å². The molecule has 0 aliphatic rings. The van der Waals surface area contributed by atoms with E-state index in [2.05, 4.69) is 28.3 Å². The SMILES string of the molecule is CCCCCCCCOc1ccc(Cc2nc(-c3cccnc3)cs2)cn1. The number of pyridine rings is 2. The van der Waals surface area contributed by atoms with Crippen LogP contribution in [0.3, 0.4) is 0 Å². The lowest BCUT2D eigenvalue weighted by Gasteiger charge is -2.06. The van der Waals surface area contributed by atoms with Gasteiger partial charge in [-0.1, -0.05) is 45.1 Å². The number of aromatic nitrogens is 3. The van der Waals surface area contributed by atoms with Crippen LogP contribution in [0.4, 0.5) is 0 Å². The number of nitrogens with zero attached hydrogens (tertiary/aromatic N) is 3. The second kappa shape index (κ2) is 10.8. The first kappa shape index (κ1) is 19.5. The summed E-state index contributed by atoms with van der Waals surface area (Å²) in [6, 6.07) is 8.00. The van der Waals surface area contributed by atoms with E-state index < -0.39 is 0 Å². The quantitative estimate of drug-likeness (QED) is 0.386. The van der Waals surface area contributed by atoms with Gasteiger partial charge >= 0.3 is 0 Å². The minimum absolute atomic E-state index is 0.711. The van der Waals surface area contributed by atoms with E-state index in [4.69, 9.17) is 9.72 Å². The second-order valence-corrected chi connectivity index (χ2v) is 7.61. The molecule has 0 saturated heterocycles. The molecule has 0 bridgehead atoms. The molecule has 0 spiro atoms. The molecule has 142 valence electrons. The van der Waals surface area contributed by atoms with Gasteiger partial charge in [-0.2, -0.15) is 0 Å². The third-order valence-electron chi connectivity index (χ3n) is 4.41. The Balaban J connectivity index is 1.43. The van der Waals surface area contributed by atoms with Crippen molar-refractivity contribution in [3.63, 3.8) is 0 Å². The third kappa shape index (κ3) is 6.43. The predicted molar refractivity (Wildman–Crippen MR) is 111 cm³/mol. The highest BCUT2D eigenvalue weighted by atomic mass is 32.1. The monoisotopic (exact) mass is 381 g/mol. The summed E-state index contributed by atoms with van der Waals surface area (Å²) in [7, 11) is 0. The molecule has 3 aromatic rings. The van der Waals surface area contributed by atoms with Gasteiger partial charge in [-0.25, -0.2) is 9.97 Å². The van der Waals surface area contributed by atoms with Gasteiger partial charge in [-0.3, -0.25) is 4.98 Å². The van der Waals surface area contributed by atoms with Crippen LogP contribution in [0.1, 0.15) is 56.0 Å². The lowest BCUT2D eigenvalue weighted by molar-refractivity contribution is 0.293. The Morgan fingerprint density at radius 1 is 1.00 bits per heavy atom. The van der Waals surface area contributed by atoms with Crippen molar-refractivity contribution >= 4 is 11.3 Å². The maximum Gasteiger partial charge on any atom is 0.213 e. The maximum atomic E-state index is 5.75. The molecule has 3 aromatic heterocycles. The summed E-state index contributed by atoms with van der Waals surface area (Å²) in [5.41, 5.74) is 3.18. The largest absolute Gasteiger partial charge is 0.478 e. The van der Waals surface area contributed by atoms with Crippen molar-refractivity contribution in [3.8, 4) is 17.1 Å². The maximum absolute atomic E-state index is 5.75. The van der Waals surface area contributed by atoms with Crippen LogP contribution in [0.5, 0.6) is 5.88 Å². The van der Waals surface area contributed by atoms with Crippen LogP contribution in [-0.4, -0.2) is 21.6 Å². The predicted octanol–water partition coefficient (Wildman–Crippen LogP) is 5.93. The number of hydrogen-bond acceptors (Lipinski definition) is 5. The van der Waals surface area contributed by atoms with E-state index >= 15 is 0 Å². The van der Waals surface area contributed by atoms with Crippen molar-refractivity contribution in [1.29, 1.82) is 0 Å². The molecule has 0 atom stereocenters. The molecule has 0 fully saturated rings. The Morgan fingerprint density at radius 2 is 1.89 bits per heavy atom. The standard InChI is InChI=1S/C22H27N3OS/c1-2-3-4-5-6-7-13-26-21-11-10-18(15-24-21)14-22-25-20(17-27-22)19-9-8-12-23-16-19/h8-12,15-17H,2-7,13-14H2,1H3. The number of unbranched alkanes of at least 4 members (excludes halogenated alkanes) is 5. The molecule has 0 aliphatic carbocycles. The minimum atomic E-state index is 0.711. The van der Waals surface area contributed by atoms with E-state index in [1.165, 1.54) is 32.1 Å². The molecule has 3 rings (SSSR count). The number of rotatable bonds is 11. The van der Waals surface area contributed by atoms with E-state index in [0.29, 0.717) is 5.88 Å². The van der Waals surface area contributed by atoms with Crippen LogP contribution in [0.15, 0.2) is 48.2 Å². The molecule has 0 radical (unpaired) electrons. The van der Waals surface area contributed by atoms with Crippen molar-refractivity contribution in [2.24, 2.45) is 0 Å². The molecule has 5 heteroatoms. The fourth-order valence-corrected chi connectivity index (χ4v) is 3.71. The summed E-state index contributed by atoms with van der Waals surface area (Å²) < 4.78 is 5.75. The van der Waals surface area contributed by atoms with Crippen molar-refractivity contribution < 1.29 is 4.74 Å². The molecule has 3 heterocycles. The van der Waals surface area contributed by atoms with Crippen LogP contribution < -0.4 is 4.74 Å². The van der Waals surface area contributed by atoms with Crippen LogP contribution in [-0.2, 0) is 6.42 Å². The third-order valence-corrected chi connectivity index (χ3v) is 5.26. The normalized spacial score (nSPS) is 10.9. The molecule has 0 amide bonds. The van der Waals surface area contributed by atoms with Gasteiger partial charge in [0.05, 0.1) is 17.3 Å². The molecule has 27 heavy (non-hydrogen) atoms. The van der Waals surface area contributed by atoms with Crippen LogP contribution in [0.2, 0.25) is 0 Å². The Kier molecular flexibility index (Phi) is 7.78. The molecule has 0 unspecified atom stereocenters. The first-order chi connectivity index (χ1) is 13.3. The van der Waals surface area contributed by atoms with Gasteiger partial charge in [0.2, 0.25) is 5.88 Å². The number of thiazole rings is 1. The highest BCUT2D eigenvalue weighted by Crippen LogP contribution is 2.23. The van der Waals surface area contributed by atoms with E-state index in [9.17, 15) is 0 Å². The van der Waals surface area contributed by atoms with Crippen molar-refractivity contribution in [2.75, 3.05) is 6.61 Å². The fourth-order valence-electron chi connectivity index (χ4n) is 2.87. The lowest BCUT2D eigenvalue weighted by atomic mass is 10.1. The molecule has 4 nitrogen and oxygen atoms in total. The number of ether oxygens (including phenoxy) is 1. The molecule has 0 aromatic carbocycles. The van der Waals surface area contributed by atoms with E-state index in [1.807, 2.05) is 30.6 Å². The molecule has 0 saturated carbocycles. The van der Waals surface area contributed by atoms with Crippen molar-refractivity contribution in [1.82, 2.24) is 15.0 Å². The average Bonchev–Trinajstić information content (AvgIpc) is 3.18. The van der Waals surface area contributed by atoms with Gasteiger partial charge in [0.25, 0.3) is 0 Å². The zero-order valence-electron chi connectivity index (χ0n) is 15.9. The highest BCUT2D eigenvalue weighted by Gasteiger charge is 2.06. The molecule has 0 N–H and O–H groups in total. The highest BCUT2D eigenvalue weighted by molar-refractivity contribution is 7.10. The summed E-state index contributed by atoms with van der Waals surface area (Å²) in [5.74, 6) is 0.711. The molecule has 0 aliphatic heterocycles. The second-order valence-electron chi connectivity index (χ2n) is 6.67. The van der Waals surface area contributed by atoms with Gasteiger partial charge in [-0.15, -0.1) is 11.3 Å². The van der Waals surface area contributed by atoms with E-state index in [-0.39, 0.29) is 0 Å². The minimum Gasteiger partial charge on any atom is -0.478 e. The van der Waals surface area contributed by atoms with Crippen LogP contribution in [0.25, 0.3) is 11.3 Å². The lowest BCUT2D eigenvalue weighted by Crippen LogP contribution is -1.99. The van der Waals surface area contributed by atoms with Crippen molar-refractivity contribution in [2.45, 2.75) is 51.9 Å². The molecular formula is C22H27N3OS. The summed E-state index contributed by atoms with van der Waals surface area (Å²) in [5, 5.41) is 3.16. The average molecular weight is 382 g/mol. The Labute approximate surface area is 165 Å². The Bertz CT molecular complexity index is 787. The van der Waals surface area contributed by atoms with E-state index in [1.54, 1.807) is 17.5 Å². The summed E-state index contributed by atoms with van der Waals surface area (Å²) in [4.78, 5) is 13.3. The van der Waals surface area contributed by atoms with Gasteiger partial charge < -0.3 is 4.74 Å². The summed E-state index contributed by atoms with van der Waals surface area (Å²) >= 11 is 1.67. The van der Waals surface area contributed by atoms with Gasteiger partial charge in [0, 0.05) is 42.0 Å². The Morgan fingerprint density at radius 3 is 2.67 bits per heavy atom. The van der Waals surface area contributed by atoms with Gasteiger partial charge in [0.15, 0.2) is 0 Å². The first-order valence-corrected chi connectivity index (χ1v) is 10.7. The summed E-state index contributed by atoms with van der Waals surface area (Å²) in [6.45, 7) is 2.99. The van der Waals surface area contributed by atoms with Crippen LogP contribution in [0, 0.1) is 0 Å². The number of hydrogen-bond donors (Lipinski definition) is 0. The zero-order chi connectivity index (χ0) is 18.7. The van der Waals surface area contributed by atoms with Crippen molar-refractivity contribution in [3.05, 3.63) is 58.8 Å². The first-order valence-electron chi connectivity index (χ1n) is 9.77. The van der Waals surface area contributed by atoms with E-state index in [0.717, 1.165) is 41.3 Å². The van der Waals surface area contributed by atoms with Gasteiger partial charge in [-0.05, 0) is 24.1 Å². The smallest absolute Gasteiger partial charge is 0.213 e. The Hall–Kier alpha value is -2.27.